The van der Waals surface area contributed by atoms with Crippen LogP contribution in [0.3, 0.4) is 0 Å². The lowest BCUT2D eigenvalue weighted by Crippen LogP contribution is -2.56. The Morgan fingerprint density at radius 1 is 1.14 bits per heavy atom. The van der Waals surface area contributed by atoms with Gasteiger partial charge in [0.05, 0.1) is 5.71 Å². The van der Waals surface area contributed by atoms with E-state index in [9.17, 15) is 5.21 Å². The fourth-order valence-corrected chi connectivity index (χ4v) is 6.40. The van der Waals surface area contributed by atoms with E-state index in [1.165, 1.54) is 49.7 Å². The predicted molar refractivity (Wildman–Crippen MR) is 89.5 cm³/mol. The fourth-order valence-electron chi connectivity index (χ4n) is 6.40. The van der Waals surface area contributed by atoms with E-state index in [4.69, 9.17) is 0 Å². The molecule has 4 fully saturated rings. The van der Waals surface area contributed by atoms with Crippen LogP contribution in [-0.2, 0) is 5.41 Å². The summed E-state index contributed by atoms with van der Waals surface area (Å²) in [4.78, 5) is 0. The summed E-state index contributed by atoms with van der Waals surface area (Å²) in [6.07, 6.45) is 8.68. The number of hydrogen-bond acceptors (Lipinski definition) is 2. The first-order valence-corrected chi connectivity index (χ1v) is 8.88. The number of hydrogen-bond donors (Lipinski definition) is 1. The molecule has 0 saturated heterocycles. The molecule has 118 valence electrons. The minimum Gasteiger partial charge on any atom is -0.411 e. The van der Waals surface area contributed by atoms with Gasteiger partial charge in [-0.25, -0.2) is 0 Å². The summed E-state index contributed by atoms with van der Waals surface area (Å²) in [5.41, 5.74) is 4.46. The highest BCUT2D eigenvalue weighted by Gasteiger charge is 2.59. The Labute approximate surface area is 133 Å². The molecular weight excluding hydrogens is 270 g/mol. The van der Waals surface area contributed by atoms with Gasteiger partial charge in [0.1, 0.15) is 0 Å². The molecule has 4 saturated carbocycles. The van der Waals surface area contributed by atoms with Crippen LogP contribution in [0.5, 0.6) is 0 Å². The van der Waals surface area contributed by atoms with E-state index in [1.54, 1.807) is 0 Å². The molecule has 2 nitrogen and oxygen atoms in total. The second kappa shape index (κ2) is 4.84. The maximum atomic E-state index is 9.56. The van der Waals surface area contributed by atoms with Crippen molar-refractivity contribution in [1.29, 1.82) is 0 Å². The third-order valence-corrected chi connectivity index (χ3v) is 6.79. The van der Waals surface area contributed by atoms with Gasteiger partial charge in [0, 0.05) is 5.41 Å². The van der Waals surface area contributed by atoms with Crippen LogP contribution in [0.15, 0.2) is 29.4 Å². The Hall–Kier alpha value is -1.31. The van der Waals surface area contributed by atoms with Crippen molar-refractivity contribution in [2.24, 2.45) is 22.4 Å². The Kier molecular flexibility index (Phi) is 3.15. The molecule has 2 unspecified atom stereocenters. The van der Waals surface area contributed by atoms with Gasteiger partial charge in [-0.1, -0.05) is 41.9 Å². The van der Waals surface area contributed by atoms with Gasteiger partial charge in [-0.3, -0.25) is 0 Å². The highest BCUT2D eigenvalue weighted by atomic mass is 16.4. The van der Waals surface area contributed by atoms with E-state index in [-0.39, 0.29) is 5.41 Å². The molecule has 0 radical (unpaired) electrons. The highest BCUT2D eigenvalue weighted by molar-refractivity contribution is 5.90. The molecule has 0 heterocycles. The van der Waals surface area contributed by atoms with Crippen molar-refractivity contribution in [3.63, 3.8) is 0 Å². The van der Waals surface area contributed by atoms with E-state index >= 15 is 0 Å². The highest BCUT2D eigenvalue weighted by Crippen LogP contribution is 2.66. The minimum atomic E-state index is 0.179. The summed E-state index contributed by atoms with van der Waals surface area (Å²) in [5, 5.41) is 13.3. The van der Waals surface area contributed by atoms with Gasteiger partial charge in [-0.05, 0) is 74.7 Å². The minimum absolute atomic E-state index is 0.179. The Morgan fingerprint density at radius 2 is 1.77 bits per heavy atom. The zero-order chi connectivity index (χ0) is 15.4. The summed E-state index contributed by atoms with van der Waals surface area (Å²) < 4.78 is 0. The van der Waals surface area contributed by atoms with Crippen LogP contribution >= 0.6 is 0 Å². The normalized spacial score (nSPS) is 40.2. The lowest BCUT2D eigenvalue weighted by atomic mass is 9.42. The SMILES string of the molecule is CC/C(=N/O)C12CC3CC(C1)CC(c1ccc(C)cc1)(C3)C2. The van der Waals surface area contributed by atoms with Gasteiger partial charge in [-0.2, -0.15) is 0 Å². The lowest BCUT2D eigenvalue weighted by Gasteiger charge is -2.62. The molecule has 0 spiro atoms. The molecule has 2 atom stereocenters. The summed E-state index contributed by atoms with van der Waals surface area (Å²) in [7, 11) is 0. The topological polar surface area (TPSA) is 32.6 Å². The van der Waals surface area contributed by atoms with Crippen molar-refractivity contribution >= 4 is 5.71 Å². The molecule has 2 heteroatoms. The molecule has 22 heavy (non-hydrogen) atoms. The average molecular weight is 297 g/mol. The molecule has 0 aliphatic heterocycles. The third kappa shape index (κ3) is 1.96. The van der Waals surface area contributed by atoms with E-state index in [1.807, 2.05) is 0 Å². The van der Waals surface area contributed by atoms with Gasteiger partial charge in [0.25, 0.3) is 0 Å². The number of oxime groups is 1. The average Bonchev–Trinajstić information content (AvgIpc) is 2.47. The molecule has 4 bridgehead atoms. The molecule has 4 aliphatic carbocycles. The summed E-state index contributed by atoms with van der Waals surface area (Å²) in [6.45, 7) is 4.31. The third-order valence-electron chi connectivity index (χ3n) is 6.79. The van der Waals surface area contributed by atoms with Crippen LogP contribution in [0, 0.1) is 24.2 Å². The number of aryl methyl sites for hydroxylation is 1. The second-order valence-electron chi connectivity index (χ2n) is 8.29. The van der Waals surface area contributed by atoms with Crippen molar-refractivity contribution in [2.45, 2.75) is 64.2 Å². The smallest absolute Gasteiger partial charge is 0.0630 e. The summed E-state index contributed by atoms with van der Waals surface area (Å²) in [5.74, 6) is 1.65. The van der Waals surface area contributed by atoms with Crippen LogP contribution < -0.4 is 0 Å². The van der Waals surface area contributed by atoms with Crippen LogP contribution in [-0.4, -0.2) is 10.9 Å². The monoisotopic (exact) mass is 297 g/mol. The lowest BCUT2D eigenvalue weighted by molar-refractivity contribution is -0.0369. The predicted octanol–water partition coefficient (Wildman–Crippen LogP) is 5.07. The van der Waals surface area contributed by atoms with E-state index in [0.717, 1.165) is 24.0 Å². The molecule has 4 aliphatic rings. The van der Waals surface area contributed by atoms with Crippen molar-refractivity contribution in [3.05, 3.63) is 35.4 Å². The summed E-state index contributed by atoms with van der Waals surface area (Å²) in [6, 6.07) is 9.25. The van der Waals surface area contributed by atoms with Gasteiger partial charge in [-0.15, -0.1) is 0 Å². The zero-order valence-electron chi connectivity index (χ0n) is 13.8. The molecule has 1 N–H and O–H groups in total. The van der Waals surface area contributed by atoms with E-state index in [0.29, 0.717) is 5.41 Å². The first kappa shape index (κ1) is 14.3. The van der Waals surface area contributed by atoms with Gasteiger partial charge < -0.3 is 5.21 Å². The number of rotatable bonds is 3. The zero-order valence-corrected chi connectivity index (χ0v) is 13.8. The standard InChI is InChI=1S/C20H27NO/c1-3-18(21-22)20-11-15-8-16(12-20)10-19(9-15,13-20)17-6-4-14(2)5-7-17/h4-7,15-16,22H,3,8-13H2,1-2H3/b21-18-. The Balaban J connectivity index is 1.77. The Bertz CT molecular complexity index is 587. The number of benzene rings is 1. The van der Waals surface area contributed by atoms with E-state index < -0.39 is 0 Å². The van der Waals surface area contributed by atoms with Crippen LogP contribution in [0.25, 0.3) is 0 Å². The molecule has 1 aromatic rings. The van der Waals surface area contributed by atoms with Gasteiger partial charge in [0.15, 0.2) is 0 Å². The molecule has 0 amide bonds. The molecule has 5 rings (SSSR count). The van der Waals surface area contributed by atoms with Crippen molar-refractivity contribution < 1.29 is 5.21 Å². The van der Waals surface area contributed by atoms with E-state index in [2.05, 4.69) is 43.3 Å². The van der Waals surface area contributed by atoms with Crippen LogP contribution in [0.2, 0.25) is 0 Å². The molecule has 0 aromatic heterocycles. The maximum absolute atomic E-state index is 9.56. The van der Waals surface area contributed by atoms with Crippen molar-refractivity contribution in [3.8, 4) is 0 Å². The quantitative estimate of drug-likeness (QED) is 0.471. The first-order valence-electron chi connectivity index (χ1n) is 8.88. The number of nitrogens with zero attached hydrogens (tertiary/aromatic N) is 1. The fraction of sp³-hybridized carbons (Fsp3) is 0.650. The van der Waals surface area contributed by atoms with Gasteiger partial charge >= 0.3 is 0 Å². The van der Waals surface area contributed by atoms with Crippen LogP contribution in [0.1, 0.15) is 63.0 Å². The summed E-state index contributed by atoms with van der Waals surface area (Å²) >= 11 is 0. The maximum Gasteiger partial charge on any atom is 0.0630 e. The molecule has 1 aromatic carbocycles. The van der Waals surface area contributed by atoms with Gasteiger partial charge in [0.2, 0.25) is 0 Å². The second-order valence-corrected chi connectivity index (χ2v) is 8.29. The molecular formula is C20H27NO. The largest absolute Gasteiger partial charge is 0.411 e. The first-order chi connectivity index (χ1) is 10.6. The Morgan fingerprint density at radius 3 is 2.32 bits per heavy atom. The van der Waals surface area contributed by atoms with Crippen molar-refractivity contribution in [1.82, 2.24) is 0 Å². The van der Waals surface area contributed by atoms with Crippen LogP contribution in [0.4, 0.5) is 0 Å². The van der Waals surface area contributed by atoms with Crippen molar-refractivity contribution in [2.75, 3.05) is 0 Å².